The van der Waals surface area contributed by atoms with E-state index in [2.05, 4.69) is 40.7 Å². The summed E-state index contributed by atoms with van der Waals surface area (Å²) in [6, 6.07) is 0. The number of carboxylic acids is 1. The molecular formula is C30H48O5. The van der Waals surface area contributed by atoms with Crippen LogP contribution in [0.4, 0.5) is 0 Å². The minimum Gasteiger partial charge on any atom is -0.481 e. The summed E-state index contributed by atoms with van der Waals surface area (Å²) in [6.07, 6.45) is 8.40. The van der Waals surface area contributed by atoms with E-state index in [1.54, 1.807) is 0 Å². The third-order valence-corrected chi connectivity index (χ3v) is 13.2. The van der Waals surface area contributed by atoms with E-state index in [0.717, 1.165) is 51.4 Å². The van der Waals surface area contributed by atoms with Crippen LogP contribution in [0.15, 0.2) is 11.6 Å². The number of carboxylic acid groups (broad SMARTS) is 1. The molecule has 0 aromatic heterocycles. The van der Waals surface area contributed by atoms with Crippen molar-refractivity contribution in [1.82, 2.24) is 0 Å². The molecule has 198 valence electrons. The molecule has 5 aliphatic rings. The van der Waals surface area contributed by atoms with Crippen LogP contribution in [0, 0.1) is 50.2 Å². The van der Waals surface area contributed by atoms with Gasteiger partial charge in [0.05, 0.1) is 24.2 Å². The standard InChI is InChI=1S/C30H48O5/c1-25(2)11-13-30(24(34)35)14-12-28(5)18(19(30)15-25)7-8-22-26(3)16-20(32)23(33)27(4,17-31)21(26)9-10-29(22,28)6/h7,19-23,31-33H,8-17H2,1-6H3,(H,34,35)/t19?,20?,21?,22?,23?,26-,27+,28+,29+,30-/m0/s1. The number of hydrogen-bond acceptors (Lipinski definition) is 4. The van der Waals surface area contributed by atoms with E-state index in [4.69, 9.17) is 0 Å². The van der Waals surface area contributed by atoms with Gasteiger partial charge in [-0.05, 0) is 97.2 Å². The molecule has 0 radical (unpaired) electrons. The van der Waals surface area contributed by atoms with Crippen LogP contribution in [0.3, 0.4) is 0 Å². The summed E-state index contributed by atoms with van der Waals surface area (Å²) in [4.78, 5) is 12.8. The lowest BCUT2D eigenvalue weighted by molar-refractivity contribution is -0.243. The molecule has 4 fully saturated rings. The number of aliphatic carboxylic acids is 1. The van der Waals surface area contributed by atoms with Crippen LogP contribution in [0.25, 0.3) is 0 Å². The first-order chi connectivity index (χ1) is 16.1. The molecule has 0 aromatic carbocycles. The Hall–Kier alpha value is -0.910. The first-order valence-corrected chi connectivity index (χ1v) is 14.0. The summed E-state index contributed by atoms with van der Waals surface area (Å²) >= 11 is 0. The molecule has 4 N–H and O–H groups in total. The average Bonchev–Trinajstić information content (AvgIpc) is 2.77. The highest BCUT2D eigenvalue weighted by atomic mass is 16.4. The average molecular weight is 489 g/mol. The maximum Gasteiger partial charge on any atom is 0.310 e. The predicted octanol–water partition coefficient (Wildman–Crippen LogP) is 5.18. The summed E-state index contributed by atoms with van der Waals surface area (Å²) in [5.74, 6) is -0.0472. The molecule has 5 nitrogen and oxygen atoms in total. The Bertz CT molecular complexity index is 941. The maximum absolute atomic E-state index is 12.8. The van der Waals surface area contributed by atoms with Crippen LogP contribution < -0.4 is 0 Å². The molecule has 0 bridgehead atoms. The molecule has 0 spiro atoms. The normalized spacial score (nSPS) is 55.0. The molecule has 10 atom stereocenters. The monoisotopic (exact) mass is 488 g/mol. The van der Waals surface area contributed by atoms with Crippen LogP contribution in [-0.2, 0) is 4.79 Å². The van der Waals surface area contributed by atoms with Crippen LogP contribution in [0.1, 0.15) is 99.3 Å². The van der Waals surface area contributed by atoms with Crippen molar-refractivity contribution in [2.45, 2.75) is 112 Å². The molecule has 0 aromatic rings. The third kappa shape index (κ3) is 3.07. The van der Waals surface area contributed by atoms with E-state index < -0.39 is 29.0 Å². The zero-order valence-corrected chi connectivity index (χ0v) is 22.7. The smallest absolute Gasteiger partial charge is 0.310 e. The molecule has 5 rings (SSSR count). The van der Waals surface area contributed by atoms with E-state index in [0.29, 0.717) is 12.3 Å². The topological polar surface area (TPSA) is 98.0 Å². The maximum atomic E-state index is 12.8. The first-order valence-electron chi connectivity index (χ1n) is 14.0. The fourth-order valence-corrected chi connectivity index (χ4v) is 10.8. The van der Waals surface area contributed by atoms with Gasteiger partial charge < -0.3 is 20.4 Å². The third-order valence-electron chi connectivity index (χ3n) is 13.2. The lowest BCUT2D eigenvalue weighted by Gasteiger charge is -2.71. The van der Waals surface area contributed by atoms with E-state index in [9.17, 15) is 25.2 Å². The van der Waals surface area contributed by atoms with Crippen molar-refractivity contribution in [3.05, 3.63) is 11.6 Å². The van der Waals surface area contributed by atoms with Crippen LogP contribution in [0.2, 0.25) is 0 Å². The number of hydrogen-bond donors (Lipinski definition) is 4. The molecular weight excluding hydrogens is 440 g/mol. The Balaban J connectivity index is 1.61. The fourth-order valence-electron chi connectivity index (χ4n) is 10.8. The van der Waals surface area contributed by atoms with E-state index in [-0.39, 0.29) is 40.1 Å². The Morgan fingerprint density at radius 2 is 1.60 bits per heavy atom. The molecule has 0 saturated heterocycles. The largest absolute Gasteiger partial charge is 0.481 e. The second kappa shape index (κ2) is 7.57. The summed E-state index contributed by atoms with van der Waals surface area (Å²) in [5, 5.41) is 42.8. The van der Waals surface area contributed by atoms with Gasteiger partial charge in [0, 0.05) is 5.41 Å². The second-order valence-corrected chi connectivity index (χ2v) is 15.1. The van der Waals surface area contributed by atoms with Gasteiger partial charge in [-0.3, -0.25) is 4.79 Å². The molecule has 0 amide bonds. The van der Waals surface area contributed by atoms with Gasteiger partial charge in [-0.1, -0.05) is 53.2 Å². The predicted molar refractivity (Wildman–Crippen MR) is 135 cm³/mol. The SMILES string of the molecule is CC1(C)CC[C@]2(C(=O)O)CC[C@]3(C)C(=CCC4[C@@]5(C)CC(O)C(O)[C@](C)(CO)C5CC[C@]43C)C2C1. The highest BCUT2D eigenvalue weighted by Gasteiger charge is 2.70. The zero-order chi connectivity index (χ0) is 25.8. The van der Waals surface area contributed by atoms with Gasteiger partial charge >= 0.3 is 5.97 Å². The van der Waals surface area contributed by atoms with E-state index >= 15 is 0 Å². The van der Waals surface area contributed by atoms with Crippen molar-refractivity contribution in [3.8, 4) is 0 Å². The highest BCUT2D eigenvalue weighted by Crippen LogP contribution is 2.75. The van der Waals surface area contributed by atoms with Crippen molar-refractivity contribution >= 4 is 5.97 Å². The summed E-state index contributed by atoms with van der Waals surface area (Å²) in [7, 11) is 0. The van der Waals surface area contributed by atoms with Gasteiger partial charge in [0.1, 0.15) is 0 Å². The molecule has 35 heavy (non-hydrogen) atoms. The number of fused-ring (bicyclic) bond motifs is 7. The van der Waals surface area contributed by atoms with Gasteiger partial charge in [-0.25, -0.2) is 0 Å². The fraction of sp³-hybridized carbons (Fsp3) is 0.900. The Morgan fingerprint density at radius 1 is 0.943 bits per heavy atom. The van der Waals surface area contributed by atoms with Crippen molar-refractivity contribution < 1.29 is 25.2 Å². The van der Waals surface area contributed by atoms with E-state index in [1.165, 1.54) is 5.57 Å². The van der Waals surface area contributed by atoms with Gasteiger partial charge in [0.15, 0.2) is 0 Å². The lowest BCUT2D eigenvalue weighted by atomic mass is 9.33. The minimum atomic E-state index is -0.907. The molecule has 5 heteroatoms. The number of rotatable bonds is 2. The molecule has 0 heterocycles. The quantitative estimate of drug-likeness (QED) is 0.402. The Morgan fingerprint density at radius 3 is 2.23 bits per heavy atom. The highest BCUT2D eigenvalue weighted by molar-refractivity contribution is 5.76. The van der Waals surface area contributed by atoms with E-state index in [1.807, 2.05) is 6.92 Å². The minimum absolute atomic E-state index is 0.00698. The first kappa shape index (κ1) is 25.7. The number of carbonyl (C=O) groups is 1. The van der Waals surface area contributed by atoms with Crippen molar-refractivity contribution in [2.75, 3.05) is 6.61 Å². The van der Waals surface area contributed by atoms with Crippen LogP contribution >= 0.6 is 0 Å². The van der Waals surface area contributed by atoms with Crippen LogP contribution in [-0.4, -0.2) is 45.2 Å². The zero-order valence-electron chi connectivity index (χ0n) is 22.7. The van der Waals surface area contributed by atoms with Crippen molar-refractivity contribution in [2.24, 2.45) is 50.2 Å². The second-order valence-electron chi connectivity index (χ2n) is 15.1. The van der Waals surface area contributed by atoms with Crippen molar-refractivity contribution in [3.63, 3.8) is 0 Å². The van der Waals surface area contributed by atoms with Crippen LogP contribution in [0.5, 0.6) is 0 Å². The Kier molecular flexibility index (Phi) is 5.56. The van der Waals surface area contributed by atoms with Gasteiger partial charge in [-0.2, -0.15) is 0 Å². The van der Waals surface area contributed by atoms with Gasteiger partial charge in [-0.15, -0.1) is 0 Å². The molecule has 5 unspecified atom stereocenters. The van der Waals surface area contributed by atoms with Crippen molar-refractivity contribution in [1.29, 1.82) is 0 Å². The van der Waals surface area contributed by atoms with Gasteiger partial charge in [0.2, 0.25) is 0 Å². The number of allylic oxidation sites excluding steroid dienone is 2. The number of aliphatic hydroxyl groups excluding tert-OH is 3. The Labute approximate surface area is 211 Å². The molecule has 5 aliphatic carbocycles. The van der Waals surface area contributed by atoms with Gasteiger partial charge in [0.25, 0.3) is 0 Å². The lowest BCUT2D eigenvalue weighted by Crippen LogP contribution is -2.68. The summed E-state index contributed by atoms with van der Waals surface area (Å²) < 4.78 is 0. The number of aliphatic hydroxyl groups is 3. The summed E-state index contributed by atoms with van der Waals surface area (Å²) in [6.45, 7) is 13.6. The molecule has 4 saturated carbocycles. The summed E-state index contributed by atoms with van der Waals surface area (Å²) in [5.41, 5.74) is -0.0632. The molecule has 0 aliphatic heterocycles.